The normalized spacial score (nSPS) is 27.6. The highest BCUT2D eigenvalue weighted by atomic mass is 32.1. The maximum absolute atomic E-state index is 13.0. The first-order valence-electron chi connectivity index (χ1n) is 11.4. The Hall–Kier alpha value is -2.71. The number of fused-ring (bicyclic) bond motifs is 4. The molecule has 34 heavy (non-hydrogen) atoms. The summed E-state index contributed by atoms with van der Waals surface area (Å²) in [4.78, 5) is 34.0. The number of nitrogens with zero attached hydrogens (tertiary/aromatic N) is 4. The second kappa shape index (κ2) is 7.39. The van der Waals surface area contributed by atoms with Gasteiger partial charge in [0.1, 0.15) is 16.7 Å². The highest BCUT2D eigenvalue weighted by molar-refractivity contribution is 7.18. The van der Waals surface area contributed by atoms with Gasteiger partial charge in [-0.3, -0.25) is 9.59 Å². The van der Waals surface area contributed by atoms with Crippen molar-refractivity contribution in [1.29, 1.82) is 5.26 Å². The largest absolute Gasteiger partial charge is 0.393 e. The van der Waals surface area contributed by atoms with E-state index in [1.54, 1.807) is 0 Å². The van der Waals surface area contributed by atoms with Crippen LogP contribution in [0.25, 0.3) is 10.2 Å². The summed E-state index contributed by atoms with van der Waals surface area (Å²) in [5, 5.41) is 13.5. The highest BCUT2D eigenvalue weighted by Gasteiger charge is 2.56. The number of Topliss-reactive ketones (excluding diaryl/α,β-unsaturated/α-hetero) is 1. The lowest BCUT2D eigenvalue weighted by atomic mass is 9.70. The van der Waals surface area contributed by atoms with E-state index in [1.807, 2.05) is 9.80 Å². The molecular formula is C23H22F3N5O2S. The first kappa shape index (κ1) is 21.8. The fourth-order valence-electron chi connectivity index (χ4n) is 6.12. The molecule has 178 valence electrons. The molecule has 5 aliphatic rings. The number of thiophene rings is 1. The van der Waals surface area contributed by atoms with Crippen LogP contribution in [0, 0.1) is 22.7 Å². The SMILES string of the molecule is N#Cc1cnc2sc(CC(F)(F)F)cc2c1N1CC2(CN(C(=O)[C@H]3N[C@H]4CC[C@@H]3C(=O)C4)C2)C1. The van der Waals surface area contributed by atoms with Gasteiger partial charge in [-0.15, -0.1) is 11.3 Å². The molecule has 2 bridgehead atoms. The third-order valence-corrected chi connectivity index (χ3v) is 8.63. The van der Waals surface area contributed by atoms with E-state index in [1.165, 1.54) is 12.3 Å². The minimum atomic E-state index is -4.31. The van der Waals surface area contributed by atoms with Crippen molar-refractivity contribution in [3.63, 3.8) is 0 Å². The second-order valence-corrected chi connectivity index (χ2v) is 11.2. The molecule has 11 heteroatoms. The Bertz CT molecular complexity index is 1240. The number of nitriles is 1. The summed E-state index contributed by atoms with van der Waals surface area (Å²) in [6, 6.07) is 3.30. The molecule has 1 spiro atoms. The minimum Gasteiger partial charge on any atom is -0.368 e. The fourth-order valence-corrected chi connectivity index (χ4v) is 7.15. The third kappa shape index (κ3) is 3.46. The van der Waals surface area contributed by atoms with E-state index < -0.39 is 18.6 Å². The predicted molar refractivity (Wildman–Crippen MR) is 118 cm³/mol. The van der Waals surface area contributed by atoms with Crippen molar-refractivity contribution in [2.24, 2.45) is 11.3 Å². The molecule has 0 radical (unpaired) electrons. The van der Waals surface area contributed by atoms with Crippen molar-refractivity contribution in [3.8, 4) is 6.07 Å². The van der Waals surface area contributed by atoms with Crippen LogP contribution < -0.4 is 10.2 Å². The van der Waals surface area contributed by atoms with Crippen LogP contribution in [0.3, 0.4) is 0 Å². The summed E-state index contributed by atoms with van der Waals surface area (Å²) in [5.74, 6) is -0.0463. The fraction of sp³-hybridized carbons (Fsp3) is 0.565. The lowest BCUT2D eigenvalue weighted by Gasteiger charge is -2.61. The number of aromatic nitrogens is 1. The quantitative estimate of drug-likeness (QED) is 0.713. The Morgan fingerprint density at radius 3 is 2.71 bits per heavy atom. The molecule has 7 rings (SSSR count). The first-order chi connectivity index (χ1) is 16.1. The summed E-state index contributed by atoms with van der Waals surface area (Å²) in [5.41, 5.74) is 0.886. The Morgan fingerprint density at radius 1 is 1.29 bits per heavy atom. The van der Waals surface area contributed by atoms with Crippen molar-refractivity contribution in [2.75, 3.05) is 31.1 Å². The maximum Gasteiger partial charge on any atom is 0.393 e. The molecule has 7 nitrogen and oxygen atoms in total. The molecule has 6 heterocycles. The minimum absolute atomic E-state index is 0.00883. The van der Waals surface area contributed by atoms with Gasteiger partial charge in [-0.2, -0.15) is 18.4 Å². The number of ketones is 1. The van der Waals surface area contributed by atoms with Crippen LogP contribution in [-0.2, 0) is 16.0 Å². The van der Waals surface area contributed by atoms with Gasteiger partial charge in [-0.25, -0.2) is 4.98 Å². The number of pyridine rings is 1. The van der Waals surface area contributed by atoms with Crippen LogP contribution >= 0.6 is 11.3 Å². The van der Waals surface area contributed by atoms with Crippen molar-refractivity contribution in [1.82, 2.24) is 15.2 Å². The number of anilines is 1. The smallest absolute Gasteiger partial charge is 0.368 e. The van der Waals surface area contributed by atoms with Crippen LogP contribution in [-0.4, -0.2) is 66.0 Å². The van der Waals surface area contributed by atoms with Gasteiger partial charge in [-0.1, -0.05) is 0 Å². The standard InChI is InChI=1S/C23H22F3N5O2S/c24-23(25,26)5-14-4-16-19(12(6-27)7-28-20(16)34-14)30-8-22(9-30)10-31(11-22)21(33)18-15-2-1-13(29-18)3-17(15)32/h4,7,13,15,18,29H,1-3,5,8-11H2/t13-,15+,18-/m0/s1. The van der Waals surface area contributed by atoms with Crippen LogP contribution in [0.15, 0.2) is 12.3 Å². The topological polar surface area (TPSA) is 89.3 Å². The molecule has 5 fully saturated rings. The van der Waals surface area contributed by atoms with Crippen LogP contribution in [0.4, 0.5) is 18.9 Å². The molecule has 0 aromatic carbocycles. The van der Waals surface area contributed by atoms with Gasteiger partial charge >= 0.3 is 6.18 Å². The number of alkyl halides is 3. The zero-order valence-electron chi connectivity index (χ0n) is 18.2. The van der Waals surface area contributed by atoms with Crippen molar-refractivity contribution >= 4 is 38.9 Å². The molecule has 1 aliphatic carbocycles. The van der Waals surface area contributed by atoms with Crippen molar-refractivity contribution in [3.05, 3.63) is 22.7 Å². The summed E-state index contributed by atoms with van der Waals surface area (Å²) >= 11 is 1.00. The zero-order chi connectivity index (χ0) is 23.8. The number of carbonyl (C=O) groups is 2. The molecule has 0 unspecified atom stereocenters. The number of hydrogen-bond donors (Lipinski definition) is 1. The van der Waals surface area contributed by atoms with E-state index in [4.69, 9.17) is 0 Å². The average molecular weight is 490 g/mol. The van der Waals surface area contributed by atoms with E-state index in [2.05, 4.69) is 16.4 Å². The summed E-state index contributed by atoms with van der Waals surface area (Å²) < 4.78 is 38.6. The van der Waals surface area contributed by atoms with E-state index in [-0.39, 0.29) is 33.9 Å². The van der Waals surface area contributed by atoms with E-state index >= 15 is 0 Å². The third-order valence-electron chi connectivity index (χ3n) is 7.58. The number of piperidine rings is 2. The molecule has 2 aromatic rings. The number of rotatable bonds is 3. The van der Waals surface area contributed by atoms with Gasteiger partial charge < -0.3 is 15.1 Å². The highest BCUT2D eigenvalue weighted by Crippen LogP contribution is 2.46. The Kier molecular flexibility index (Phi) is 4.74. The van der Waals surface area contributed by atoms with Gasteiger partial charge in [0.25, 0.3) is 0 Å². The van der Waals surface area contributed by atoms with Crippen molar-refractivity contribution in [2.45, 2.75) is 43.9 Å². The van der Waals surface area contributed by atoms with Crippen LogP contribution in [0.5, 0.6) is 0 Å². The van der Waals surface area contributed by atoms with Gasteiger partial charge in [0.05, 0.1) is 23.7 Å². The maximum atomic E-state index is 13.0. The molecular weight excluding hydrogens is 467 g/mol. The summed E-state index contributed by atoms with van der Waals surface area (Å²) in [6.45, 7) is 2.42. The number of carbonyl (C=O) groups excluding carboxylic acids is 2. The molecule has 4 saturated heterocycles. The number of likely N-dealkylation sites (tertiary alicyclic amines) is 1. The monoisotopic (exact) mass is 489 g/mol. The lowest BCUT2D eigenvalue weighted by Crippen LogP contribution is -2.75. The average Bonchev–Trinajstić information content (AvgIpc) is 3.12. The number of nitrogens with one attached hydrogen (secondary N) is 1. The van der Waals surface area contributed by atoms with Crippen molar-refractivity contribution < 1.29 is 22.8 Å². The van der Waals surface area contributed by atoms with E-state index in [0.29, 0.717) is 54.1 Å². The van der Waals surface area contributed by atoms with Gasteiger partial charge in [0.2, 0.25) is 5.91 Å². The number of hydrogen-bond acceptors (Lipinski definition) is 7. The van der Waals surface area contributed by atoms with Crippen LogP contribution in [0.1, 0.15) is 29.7 Å². The van der Waals surface area contributed by atoms with E-state index in [0.717, 1.165) is 24.2 Å². The van der Waals surface area contributed by atoms with Crippen LogP contribution in [0.2, 0.25) is 0 Å². The van der Waals surface area contributed by atoms with Gasteiger partial charge in [-0.05, 0) is 18.9 Å². The Balaban J connectivity index is 1.16. The molecule has 1 N–H and O–H groups in total. The Labute approximate surface area is 197 Å². The number of amides is 1. The number of halogens is 3. The predicted octanol–water partition coefficient (Wildman–Crippen LogP) is 2.63. The second-order valence-electron chi connectivity index (χ2n) is 10.1. The first-order valence-corrected chi connectivity index (χ1v) is 12.2. The molecule has 4 aliphatic heterocycles. The summed E-state index contributed by atoms with van der Waals surface area (Å²) in [6.07, 6.45) is -1.68. The zero-order valence-corrected chi connectivity index (χ0v) is 19.0. The molecule has 2 aromatic heterocycles. The molecule has 3 atom stereocenters. The van der Waals surface area contributed by atoms with E-state index in [9.17, 15) is 28.0 Å². The van der Waals surface area contributed by atoms with Gasteiger partial charge in [0.15, 0.2) is 0 Å². The van der Waals surface area contributed by atoms with Gasteiger partial charge in [0, 0.05) is 66.4 Å². The summed E-state index contributed by atoms with van der Waals surface area (Å²) in [7, 11) is 0. The molecule has 1 saturated carbocycles. The Morgan fingerprint density at radius 2 is 2.06 bits per heavy atom. The molecule has 1 amide bonds. The lowest BCUT2D eigenvalue weighted by molar-refractivity contribution is -0.154.